The van der Waals surface area contributed by atoms with Crippen LogP contribution in [-0.4, -0.2) is 50.8 Å². The van der Waals surface area contributed by atoms with Crippen LogP contribution in [0.15, 0.2) is 24.3 Å². The summed E-state index contributed by atoms with van der Waals surface area (Å²) in [6.45, 7) is 3.53. The molecule has 1 fully saturated rings. The van der Waals surface area contributed by atoms with E-state index < -0.39 is 0 Å². The van der Waals surface area contributed by atoms with Crippen molar-refractivity contribution in [2.24, 2.45) is 11.7 Å². The van der Waals surface area contributed by atoms with Crippen LogP contribution in [0.2, 0.25) is 0 Å². The highest BCUT2D eigenvalue weighted by atomic mass is 16.5. The largest absolute Gasteiger partial charge is 0.494 e. The molecule has 5 nitrogen and oxygen atoms in total. The minimum absolute atomic E-state index is 0.0804. The molecule has 5 heteroatoms. The van der Waals surface area contributed by atoms with E-state index in [2.05, 4.69) is 0 Å². The third-order valence-electron chi connectivity index (χ3n) is 3.77. The van der Waals surface area contributed by atoms with Crippen molar-refractivity contribution in [1.29, 1.82) is 0 Å². The van der Waals surface area contributed by atoms with E-state index in [9.17, 15) is 4.79 Å². The van der Waals surface area contributed by atoms with Gasteiger partial charge in [0.2, 0.25) is 0 Å². The number of rotatable bonds is 7. The van der Waals surface area contributed by atoms with E-state index >= 15 is 0 Å². The number of likely N-dealkylation sites (tertiary alicyclic amines) is 1. The topological polar surface area (TPSA) is 64.8 Å². The molecule has 21 heavy (non-hydrogen) atoms. The van der Waals surface area contributed by atoms with Crippen molar-refractivity contribution in [2.45, 2.75) is 12.8 Å². The Morgan fingerprint density at radius 2 is 2.10 bits per heavy atom. The molecule has 2 N–H and O–H groups in total. The van der Waals surface area contributed by atoms with Gasteiger partial charge in [0.05, 0.1) is 6.61 Å². The predicted molar refractivity (Wildman–Crippen MR) is 81.5 cm³/mol. The van der Waals surface area contributed by atoms with Gasteiger partial charge in [0, 0.05) is 38.8 Å². The van der Waals surface area contributed by atoms with Gasteiger partial charge < -0.3 is 20.1 Å². The van der Waals surface area contributed by atoms with Gasteiger partial charge in [-0.15, -0.1) is 0 Å². The predicted octanol–water partition coefficient (Wildman–Crippen LogP) is 1.52. The highest BCUT2D eigenvalue weighted by Gasteiger charge is 2.25. The van der Waals surface area contributed by atoms with Crippen LogP contribution < -0.4 is 10.5 Å². The minimum Gasteiger partial charge on any atom is -0.494 e. The molecule has 1 amide bonds. The molecule has 0 radical (unpaired) electrons. The van der Waals surface area contributed by atoms with Crippen molar-refractivity contribution < 1.29 is 14.3 Å². The summed E-state index contributed by atoms with van der Waals surface area (Å²) in [7, 11) is 1.67. The van der Waals surface area contributed by atoms with Gasteiger partial charge in [0.25, 0.3) is 5.91 Å². The second kappa shape index (κ2) is 8.00. The molecule has 0 spiro atoms. The molecule has 1 aromatic carbocycles. The van der Waals surface area contributed by atoms with E-state index in [4.69, 9.17) is 15.2 Å². The van der Waals surface area contributed by atoms with Crippen molar-refractivity contribution >= 4 is 5.91 Å². The number of ether oxygens (including phenoxy) is 2. The van der Waals surface area contributed by atoms with Crippen LogP contribution in [0.3, 0.4) is 0 Å². The summed E-state index contributed by atoms with van der Waals surface area (Å²) < 4.78 is 10.5. The summed E-state index contributed by atoms with van der Waals surface area (Å²) in [4.78, 5) is 14.2. The Labute approximate surface area is 126 Å². The number of hydrogen-bond donors (Lipinski definition) is 1. The van der Waals surface area contributed by atoms with Crippen LogP contribution in [-0.2, 0) is 4.74 Å². The molecular formula is C16H24N2O3. The molecule has 0 aliphatic carbocycles. The number of amides is 1. The van der Waals surface area contributed by atoms with E-state index in [1.165, 1.54) is 0 Å². The molecule has 1 aliphatic rings. The lowest BCUT2D eigenvalue weighted by atomic mass is 10.1. The fourth-order valence-electron chi connectivity index (χ4n) is 2.48. The molecule has 1 unspecified atom stereocenters. The zero-order chi connectivity index (χ0) is 15.1. The number of methoxy groups -OCH3 is 1. The van der Waals surface area contributed by atoms with Gasteiger partial charge >= 0.3 is 0 Å². The Kier molecular flexibility index (Phi) is 6.02. The first-order valence-electron chi connectivity index (χ1n) is 7.45. The maximum atomic E-state index is 12.3. The zero-order valence-corrected chi connectivity index (χ0v) is 12.6. The fraction of sp³-hybridized carbons (Fsp3) is 0.562. The van der Waals surface area contributed by atoms with Gasteiger partial charge in [0.15, 0.2) is 0 Å². The lowest BCUT2D eigenvalue weighted by molar-refractivity contribution is 0.0787. The molecule has 0 saturated carbocycles. The van der Waals surface area contributed by atoms with Crippen molar-refractivity contribution in [3.8, 4) is 5.75 Å². The standard InChI is InChI=1S/C16H24N2O3/c1-20-9-2-10-21-15-5-3-14(4-6-15)16(19)18-8-7-13(11-17)12-18/h3-6,13H,2,7-12,17H2,1H3. The molecule has 0 aromatic heterocycles. The highest BCUT2D eigenvalue weighted by molar-refractivity contribution is 5.94. The SMILES string of the molecule is COCCCOc1ccc(C(=O)N2CCC(CN)C2)cc1. The smallest absolute Gasteiger partial charge is 0.253 e. The molecule has 1 aromatic rings. The van der Waals surface area contributed by atoms with Gasteiger partial charge in [-0.2, -0.15) is 0 Å². The molecule has 0 bridgehead atoms. The summed E-state index contributed by atoms with van der Waals surface area (Å²) in [5.41, 5.74) is 6.36. The van der Waals surface area contributed by atoms with Gasteiger partial charge in [-0.1, -0.05) is 0 Å². The second-order valence-corrected chi connectivity index (χ2v) is 5.36. The molecule has 1 aliphatic heterocycles. The van der Waals surface area contributed by atoms with Crippen LogP contribution in [0.5, 0.6) is 5.75 Å². The average molecular weight is 292 g/mol. The maximum absolute atomic E-state index is 12.3. The normalized spacial score (nSPS) is 18.0. The number of benzene rings is 1. The number of nitrogens with two attached hydrogens (primary N) is 1. The highest BCUT2D eigenvalue weighted by Crippen LogP contribution is 2.19. The molecule has 1 heterocycles. The third-order valence-corrected chi connectivity index (χ3v) is 3.77. The van der Waals surface area contributed by atoms with Gasteiger partial charge in [-0.25, -0.2) is 0 Å². The summed E-state index contributed by atoms with van der Waals surface area (Å²) >= 11 is 0. The second-order valence-electron chi connectivity index (χ2n) is 5.36. The summed E-state index contributed by atoms with van der Waals surface area (Å²) in [5.74, 6) is 1.30. The molecule has 1 saturated heterocycles. The number of nitrogens with zero attached hydrogens (tertiary/aromatic N) is 1. The lowest BCUT2D eigenvalue weighted by Gasteiger charge is -2.16. The van der Waals surface area contributed by atoms with Crippen molar-refractivity contribution in [3.63, 3.8) is 0 Å². The van der Waals surface area contributed by atoms with E-state index in [1.807, 2.05) is 29.2 Å². The van der Waals surface area contributed by atoms with Crippen LogP contribution in [0, 0.1) is 5.92 Å². The quantitative estimate of drug-likeness (QED) is 0.774. The average Bonchev–Trinajstić information content (AvgIpc) is 3.00. The lowest BCUT2D eigenvalue weighted by Crippen LogP contribution is -2.29. The number of hydrogen-bond acceptors (Lipinski definition) is 4. The minimum atomic E-state index is 0.0804. The Hall–Kier alpha value is -1.59. The van der Waals surface area contributed by atoms with Gasteiger partial charge in [0.1, 0.15) is 5.75 Å². The monoisotopic (exact) mass is 292 g/mol. The van der Waals surface area contributed by atoms with Crippen molar-refractivity contribution in [3.05, 3.63) is 29.8 Å². The van der Waals surface area contributed by atoms with Crippen LogP contribution in [0.1, 0.15) is 23.2 Å². The first kappa shape index (κ1) is 15.8. The first-order valence-corrected chi connectivity index (χ1v) is 7.45. The van der Waals surface area contributed by atoms with Crippen molar-refractivity contribution in [2.75, 3.05) is 40.0 Å². The van der Waals surface area contributed by atoms with Crippen LogP contribution in [0.4, 0.5) is 0 Å². The molecule has 2 rings (SSSR count). The Morgan fingerprint density at radius 3 is 2.71 bits per heavy atom. The van der Waals surface area contributed by atoms with Crippen LogP contribution in [0.25, 0.3) is 0 Å². The van der Waals surface area contributed by atoms with Gasteiger partial charge in [-0.05, 0) is 43.1 Å². The molecule has 1 atom stereocenters. The maximum Gasteiger partial charge on any atom is 0.253 e. The van der Waals surface area contributed by atoms with E-state index in [1.54, 1.807) is 7.11 Å². The first-order chi connectivity index (χ1) is 10.2. The number of carbonyl (C=O) groups is 1. The van der Waals surface area contributed by atoms with E-state index in [0.29, 0.717) is 31.2 Å². The molecular weight excluding hydrogens is 268 g/mol. The number of carbonyl (C=O) groups excluding carboxylic acids is 1. The van der Waals surface area contributed by atoms with Crippen LogP contribution >= 0.6 is 0 Å². The van der Waals surface area contributed by atoms with E-state index in [-0.39, 0.29) is 5.91 Å². The third kappa shape index (κ3) is 4.44. The Bertz CT molecular complexity index is 447. The Morgan fingerprint density at radius 1 is 1.33 bits per heavy atom. The Balaban J connectivity index is 1.85. The summed E-state index contributed by atoms with van der Waals surface area (Å²) in [6.07, 6.45) is 1.86. The zero-order valence-electron chi connectivity index (χ0n) is 12.6. The summed E-state index contributed by atoms with van der Waals surface area (Å²) in [5, 5.41) is 0. The fourth-order valence-corrected chi connectivity index (χ4v) is 2.48. The van der Waals surface area contributed by atoms with Gasteiger partial charge in [-0.3, -0.25) is 4.79 Å². The summed E-state index contributed by atoms with van der Waals surface area (Å²) in [6, 6.07) is 7.33. The van der Waals surface area contributed by atoms with E-state index in [0.717, 1.165) is 31.7 Å². The molecule has 116 valence electrons. The van der Waals surface area contributed by atoms with Crippen molar-refractivity contribution in [1.82, 2.24) is 4.90 Å².